The molecule has 0 saturated carbocycles. The zero-order chi connectivity index (χ0) is 16.4. The van der Waals surface area contributed by atoms with Crippen molar-refractivity contribution < 1.29 is 9.18 Å². The minimum absolute atomic E-state index is 0.181. The van der Waals surface area contributed by atoms with Gasteiger partial charge in [0.05, 0.1) is 6.54 Å². The van der Waals surface area contributed by atoms with Crippen molar-refractivity contribution in [1.29, 1.82) is 0 Å². The second kappa shape index (κ2) is 6.12. The second-order valence-electron chi connectivity index (χ2n) is 6.55. The van der Waals surface area contributed by atoms with E-state index in [1.54, 1.807) is 18.3 Å². The Balaban J connectivity index is 1.68. The standard InChI is InChI=1S/C17H21FN4O/c1-17(2,9-12-3-5-13(18)6-4-12)21-16(23)14-11-22-8-7-19-10-15(22)20-14/h3-6,11,19H,7-10H2,1-2H3,(H,21,23). The van der Waals surface area contributed by atoms with Gasteiger partial charge in [0, 0.05) is 24.8 Å². The molecule has 0 unspecified atom stereocenters. The fourth-order valence-corrected chi connectivity index (χ4v) is 2.83. The van der Waals surface area contributed by atoms with Crippen LogP contribution in [0.5, 0.6) is 0 Å². The first-order valence-corrected chi connectivity index (χ1v) is 7.77. The van der Waals surface area contributed by atoms with Crippen molar-refractivity contribution >= 4 is 5.91 Å². The van der Waals surface area contributed by atoms with Crippen LogP contribution >= 0.6 is 0 Å². The lowest BCUT2D eigenvalue weighted by Crippen LogP contribution is -2.45. The number of carbonyl (C=O) groups excluding carboxylic acids is 1. The molecule has 0 radical (unpaired) electrons. The molecule has 1 aliphatic rings. The number of nitrogens with zero attached hydrogens (tertiary/aromatic N) is 2. The largest absolute Gasteiger partial charge is 0.345 e. The quantitative estimate of drug-likeness (QED) is 0.905. The summed E-state index contributed by atoms with van der Waals surface area (Å²) in [7, 11) is 0. The summed E-state index contributed by atoms with van der Waals surface area (Å²) >= 11 is 0. The maximum atomic E-state index is 13.0. The molecule has 2 aromatic rings. The molecular weight excluding hydrogens is 295 g/mol. The average molecular weight is 316 g/mol. The molecule has 0 bridgehead atoms. The van der Waals surface area contributed by atoms with E-state index < -0.39 is 5.54 Å². The van der Waals surface area contributed by atoms with Gasteiger partial charge in [-0.1, -0.05) is 12.1 Å². The first-order chi connectivity index (χ1) is 10.9. The van der Waals surface area contributed by atoms with Crippen LogP contribution in [-0.2, 0) is 19.5 Å². The van der Waals surface area contributed by atoms with Crippen molar-refractivity contribution in [3.05, 3.63) is 53.4 Å². The van der Waals surface area contributed by atoms with Crippen molar-refractivity contribution in [3.8, 4) is 0 Å². The third-order valence-electron chi connectivity index (χ3n) is 3.92. The van der Waals surface area contributed by atoms with Gasteiger partial charge in [-0.25, -0.2) is 9.37 Å². The van der Waals surface area contributed by atoms with Gasteiger partial charge in [0.15, 0.2) is 0 Å². The van der Waals surface area contributed by atoms with E-state index in [-0.39, 0.29) is 11.7 Å². The molecule has 0 saturated heterocycles. The SMILES string of the molecule is CC(C)(Cc1ccc(F)cc1)NC(=O)c1cn2c(n1)CNCC2. The molecule has 1 amide bonds. The average Bonchev–Trinajstić information content (AvgIpc) is 2.93. The highest BCUT2D eigenvalue weighted by atomic mass is 19.1. The molecule has 1 aromatic heterocycles. The summed E-state index contributed by atoms with van der Waals surface area (Å²) in [6, 6.07) is 6.35. The number of halogens is 1. The molecule has 2 heterocycles. The van der Waals surface area contributed by atoms with E-state index in [9.17, 15) is 9.18 Å². The van der Waals surface area contributed by atoms with Gasteiger partial charge in [-0.05, 0) is 38.0 Å². The number of rotatable bonds is 4. The Morgan fingerprint density at radius 3 is 2.83 bits per heavy atom. The maximum absolute atomic E-state index is 13.0. The molecule has 0 fully saturated rings. The molecule has 0 aliphatic carbocycles. The summed E-state index contributed by atoms with van der Waals surface area (Å²) in [5.41, 5.74) is 0.970. The highest BCUT2D eigenvalue weighted by Crippen LogP contribution is 2.15. The van der Waals surface area contributed by atoms with Gasteiger partial charge in [-0.15, -0.1) is 0 Å². The monoisotopic (exact) mass is 316 g/mol. The van der Waals surface area contributed by atoms with E-state index in [1.165, 1.54) is 12.1 Å². The van der Waals surface area contributed by atoms with Crippen molar-refractivity contribution in [2.45, 2.75) is 38.9 Å². The lowest BCUT2D eigenvalue weighted by atomic mass is 9.94. The normalized spacial score (nSPS) is 14.4. The zero-order valence-electron chi connectivity index (χ0n) is 13.4. The summed E-state index contributed by atoms with van der Waals surface area (Å²) in [6.45, 7) is 6.30. The molecule has 2 N–H and O–H groups in total. The first kappa shape index (κ1) is 15.7. The zero-order valence-corrected chi connectivity index (χ0v) is 13.4. The molecule has 23 heavy (non-hydrogen) atoms. The van der Waals surface area contributed by atoms with Crippen LogP contribution in [0.2, 0.25) is 0 Å². The number of benzene rings is 1. The summed E-state index contributed by atoms with van der Waals surface area (Å²) < 4.78 is 15.0. The van der Waals surface area contributed by atoms with E-state index in [0.29, 0.717) is 18.7 Å². The number of fused-ring (bicyclic) bond motifs is 1. The second-order valence-corrected chi connectivity index (χ2v) is 6.55. The number of hydrogen-bond acceptors (Lipinski definition) is 3. The Kier molecular flexibility index (Phi) is 4.17. The smallest absolute Gasteiger partial charge is 0.271 e. The minimum Gasteiger partial charge on any atom is -0.345 e. The number of hydrogen-bond donors (Lipinski definition) is 2. The Labute approximate surface area is 134 Å². The van der Waals surface area contributed by atoms with E-state index in [0.717, 1.165) is 24.5 Å². The fraction of sp³-hybridized carbons (Fsp3) is 0.412. The third kappa shape index (κ3) is 3.76. The van der Waals surface area contributed by atoms with E-state index >= 15 is 0 Å². The molecule has 6 heteroatoms. The van der Waals surface area contributed by atoms with Crippen LogP contribution in [0.3, 0.4) is 0 Å². The van der Waals surface area contributed by atoms with Gasteiger partial charge in [0.1, 0.15) is 17.3 Å². The van der Waals surface area contributed by atoms with Gasteiger partial charge < -0.3 is 15.2 Å². The maximum Gasteiger partial charge on any atom is 0.271 e. The predicted octanol–water partition coefficient (Wildman–Crippen LogP) is 1.88. The van der Waals surface area contributed by atoms with Crippen molar-refractivity contribution in [3.63, 3.8) is 0 Å². The number of carbonyl (C=O) groups is 1. The molecule has 0 atom stereocenters. The molecule has 1 aromatic carbocycles. The topological polar surface area (TPSA) is 59.0 Å². The molecule has 122 valence electrons. The van der Waals surface area contributed by atoms with Crippen LogP contribution in [0.4, 0.5) is 4.39 Å². The number of amides is 1. The van der Waals surface area contributed by atoms with Crippen LogP contribution in [0.1, 0.15) is 35.7 Å². The molecular formula is C17H21FN4O. The summed E-state index contributed by atoms with van der Waals surface area (Å²) in [6.07, 6.45) is 2.42. The highest BCUT2D eigenvalue weighted by molar-refractivity contribution is 5.92. The lowest BCUT2D eigenvalue weighted by molar-refractivity contribution is 0.0908. The molecule has 3 rings (SSSR count). The van der Waals surface area contributed by atoms with Gasteiger partial charge in [-0.2, -0.15) is 0 Å². The van der Waals surface area contributed by atoms with Gasteiger partial charge >= 0.3 is 0 Å². The molecule has 1 aliphatic heterocycles. The van der Waals surface area contributed by atoms with Crippen molar-refractivity contribution in [2.24, 2.45) is 0 Å². The van der Waals surface area contributed by atoms with Gasteiger partial charge in [-0.3, -0.25) is 4.79 Å². The van der Waals surface area contributed by atoms with Crippen molar-refractivity contribution in [1.82, 2.24) is 20.2 Å². The van der Waals surface area contributed by atoms with Crippen molar-refractivity contribution in [2.75, 3.05) is 6.54 Å². The molecule has 0 spiro atoms. The number of aromatic nitrogens is 2. The summed E-state index contributed by atoms with van der Waals surface area (Å²) in [4.78, 5) is 16.8. The van der Waals surface area contributed by atoms with Gasteiger partial charge in [0.2, 0.25) is 0 Å². The Bertz CT molecular complexity index is 682. The van der Waals surface area contributed by atoms with Crippen LogP contribution in [0.15, 0.2) is 30.5 Å². The van der Waals surface area contributed by atoms with Gasteiger partial charge in [0.25, 0.3) is 5.91 Å². The lowest BCUT2D eigenvalue weighted by Gasteiger charge is -2.26. The van der Waals surface area contributed by atoms with E-state index in [4.69, 9.17) is 0 Å². The number of imidazole rings is 1. The van der Waals surface area contributed by atoms with Crippen LogP contribution in [0.25, 0.3) is 0 Å². The summed E-state index contributed by atoms with van der Waals surface area (Å²) in [5.74, 6) is 0.449. The predicted molar refractivity (Wildman–Crippen MR) is 85.6 cm³/mol. The highest BCUT2D eigenvalue weighted by Gasteiger charge is 2.24. The third-order valence-corrected chi connectivity index (χ3v) is 3.92. The molecule has 5 nitrogen and oxygen atoms in total. The van der Waals surface area contributed by atoms with E-state index in [1.807, 2.05) is 18.4 Å². The summed E-state index contributed by atoms with van der Waals surface area (Å²) in [5, 5.41) is 6.25. The first-order valence-electron chi connectivity index (χ1n) is 7.77. The Morgan fingerprint density at radius 1 is 1.39 bits per heavy atom. The Morgan fingerprint density at radius 2 is 2.13 bits per heavy atom. The van der Waals surface area contributed by atoms with Crippen LogP contribution in [0, 0.1) is 5.82 Å². The van der Waals surface area contributed by atoms with E-state index in [2.05, 4.69) is 15.6 Å². The minimum atomic E-state index is -0.447. The van der Waals surface area contributed by atoms with Crippen LogP contribution in [-0.4, -0.2) is 27.5 Å². The number of nitrogens with one attached hydrogen (secondary N) is 2. The fourth-order valence-electron chi connectivity index (χ4n) is 2.83. The van der Waals surface area contributed by atoms with Crippen LogP contribution < -0.4 is 10.6 Å². The Hall–Kier alpha value is -2.21.